The number of rotatable bonds is 6. The van der Waals surface area contributed by atoms with Gasteiger partial charge in [0.1, 0.15) is 11.8 Å². The quantitative estimate of drug-likeness (QED) is 0.402. The van der Waals surface area contributed by atoms with E-state index in [9.17, 15) is 0 Å². The van der Waals surface area contributed by atoms with Gasteiger partial charge >= 0.3 is 0 Å². The predicted octanol–water partition coefficient (Wildman–Crippen LogP) is 5.72. The van der Waals surface area contributed by atoms with Crippen molar-refractivity contribution in [2.75, 3.05) is 7.11 Å². The van der Waals surface area contributed by atoms with E-state index in [4.69, 9.17) is 9.73 Å². The van der Waals surface area contributed by atoms with Crippen LogP contribution in [-0.4, -0.2) is 17.8 Å². The van der Waals surface area contributed by atoms with E-state index in [0.717, 1.165) is 33.7 Å². The van der Waals surface area contributed by atoms with Crippen molar-refractivity contribution in [1.29, 1.82) is 0 Å². The lowest BCUT2D eigenvalue weighted by atomic mass is 9.97. The number of methoxy groups -OCH3 is 1. The number of aromatic nitrogens is 1. The van der Waals surface area contributed by atoms with Gasteiger partial charge in [-0.1, -0.05) is 72.8 Å². The highest BCUT2D eigenvalue weighted by atomic mass is 16.5. The minimum absolute atomic E-state index is 0.153. The zero-order valence-corrected chi connectivity index (χ0v) is 16.3. The van der Waals surface area contributed by atoms with E-state index >= 15 is 0 Å². The van der Waals surface area contributed by atoms with E-state index in [1.165, 1.54) is 0 Å². The van der Waals surface area contributed by atoms with Crippen LogP contribution in [0.2, 0.25) is 0 Å². The number of aliphatic imine (C=N–C) groups is 1. The highest BCUT2D eigenvalue weighted by molar-refractivity contribution is 6.13. The molecule has 3 aromatic carbocycles. The molecule has 0 N–H and O–H groups in total. The largest absolute Gasteiger partial charge is 0.497 e. The van der Waals surface area contributed by atoms with Gasteiger partial charge in [-0.25, -0.2) is 0 Å². The third kappa shape index (κ3) is 4.41. The van der Waals surface area contributed by atoms with E-state index in [1.54, 1.807) is 7.11 Å². The second-order valence-corrected chi connectivity index (χ2v) is 6.67. The predicted molar refractivity (Wildman–Crippen MR) is 118 cm³/mol. The highest BCUT2D eigenvalue weighted by Gasteiger charge is 2.16. The van der Waals surface area contributed by atoms with E-state index in [1.807, 2.05) is 73.1 Å². The number of nitrogens with zero attached hydrogens (tertiary/aromatic N) is 2. The molecule has 0 saturated heterocycles. The van der Waals surface area contributed by atoms with Crippen LogP contribution in [-0.2, 0) is 0 Å². The van der Waals surface area contributed by atoms with Crippen LogP contribution in [0.25, 0.3) is 0 Å². The molecule has 0 aliphatic carbocycles. The Labute approximate surface area is 171 Å². The van der Waals surface area contributed by atoms with Crippen LogP contribution in [0.1, 0.15) is 28.3 Å². The maximum Gasteiger partial charge on any atom is 0.118 e. The Hall–Kier alpha value is -3.72. The molecule has 0 saturated carbocycles. The summed E-state index contributed by atoms with van der Waals surface area (Å²) in [5.74, 6) is 0.831. The summed E-state index contributed by atoms with van der Waals surface area (Å²) in [5, 5.41) is 0. The summed E-state index contributed by atoms with van der Waals surface area (Å²) in [5.41, 5.74) is 5.33. The minimum Gasteiger partial charge on any atom is -0.497 e. The number of ether oxygens (including phenoxy) is 1. The number of pyridine rings is 1. The molecule has 1 atom stereocenters. The van der Waals surface area contributed by atoms with Crippen molar-refractivity contribution in [3.8, 4) is 5.75 Å². The molecule has 0 radical (unpaired) electrons. The molecular weight excluding hydrogens is 356 g/mol. The zero-order chi connectivity index (χ0) is 19.9. The molecule has 0 aliphatic rings. The van der Waals surface area contributed by atoms with Crippen LogP contribution in [0.15, 0.2) is 114 Å². The Morgan fingerprint density at radius 3 is 1.72 bits per heavy atom. The van der Waals surface area contributed by atoms with Crippen LogP contribution in [0.4, 0.5) is 0 Å². The van der Waals surface area contributed by atoms with Gasteiger partial charge in [0.25, 0.3) is 0 Å². The first kappa shape index (κ1) is 18.6. The van der Waals surface area contributed by atoms with Crippen LogP contribution >= 0.6 is 0 Å². The fourth-order valence-electron chi connectivity index (χ4n) is 3.31. The van der Waals surface area contributed by atoms with Gasteiger partial charge in [-0.05, 0) is 35.4 Å². The molecule has 142 valence electrons. The van der Waals surface area contributed by atoms with Crippen LogP contribution in [0, 0.1) is 0 Å². The zero-order valence-electron chi connectivity index (χ0n) is 16.3. The van der Waals surface area contributed by atoms with E-state index < -0.39 is 0 Å². The molecule has 0 spiro atoms. The average Bonchev–Trinajstić information content (AvgIpc) is 2.82. The average molecular weight is 378 g/mol. The number of benzene rings is 3. The fourth-order valence-corrected chi connectivity index (χ4v) is 3.31. The maximum absolute atomic E-state index is 5.33. The summed E-state index contributed by atoms with van der Waals surface area (Å²) in [7, 11) is 1.68. The maximum atomic E-state index is 5.33. The molecule has 0 amide bonds. The highest BCUT2D eigenvalue weighted by Crippen LogP contribution is 2.29. The van der Waals surface area contributed by atoms with Gasteiger partial charge in [0, 0.05) is 23.5 Å². The Balaban J connectivity index is 1.88. The summed E-state index contributed by atoms with van der Waals surface area (Å²) < 4.78 is 5.33. The standard InChI is InChI=1S/C26H22N2O/c1-29-24-14-12-22(13-15-24)26(23-16-18-27-19-17-23)28-25(20-8-4-2-5-9-20)21-10-6-3-7-11-21/h2-19,26H,1H3. The van der Waals surface area contributed by atoms with Crippen LogP contribution in [0.3, 0.4) is 0 Å². The first-order valence-electron chi connectivity index (χ1n) is 9.57. The third-order valence-electron chi connectivity index (χ3n) is 4.81. The lowest BCUT2D eigenvalue weighted by Gasteiger charge is -2.17. The Bertz CT molecular complexity index is 1020. The van der Waals surface area contributed by atoms with E-state index in [0.29, 0.717) is 0 Å². The molecule has 3 heteroatoms. The molecule has 3 nitrogen and oxygen atoms in total. The summed E-state index contributed by atoms with van der Waals surface area (Å²) >= 11 is 0. The smallest absolute Gasteiger partial charge is 0.118 e. The van der Waals surface area contributed by atoms with Crippen LogP contribution in [0.5, 0.6) is 5.75 Å². The molecule has 1 unspecified atom stereocenters. The topological polar surface area (TPSA) is 34.5 Å². The monoisotopic (exact) mass is 378 g/mol. The molecule has 4 aromatic rings. The second-order valence-electron chi connectivity index (χ2n) is 6.67. The minimum atomic E-state index is -0.153. The molecule has 29 heavy (non-hydrogen) atoms. The van der Waals surface area contributed by atoms with Crippen molar-refractivity contribution in [2.45, 2.75) is 6.04 Å². The van der Waals surface area contributed by atoms with Crippen molar-refractivity contribution < 1.29 is 4.74 Å². The van der Waals surface area contributed by atoms with Crippen molar-refractivity contribution >= 4 is 5.71 Å². The van der Waals surface area contributed by atoms with Gasteiger partial charge in [0.05, 0.1) is 12.8 Å². The van der Waals surface area contributed by atoms with Crippen molar-refractivity contribution in [1.82, 2.24) is 4.98 Å². The Morgan fingerprint density at radius 1 is 0.690 bits per heavy atom. The summed E-state index contributed by atoms with van der Waals surface area (Å²) in [4.78, 5) is 9.44. The molecule has 1 aromatic heterocycles. The normalized spacial score (nSPS) is 11.5. The molecule has 4 rings (SSSR count). The van der Waals surface area contributed by atoms with E-state index in [-0.39, 0.29) is 6.04 Å². The summed E-state index contributed by atoms with van der Waals surface area (Å²) in [6.07, 6.45) is 3.62. The Kier molecular flexibility index (Phi) is 5.77. The SMILES string of the molecule is COc1ccc(C(N=C(c2ccccc2)c2ccccc2)c2ccncc2)cc1. The molecule has 0 bridgehead atoms. The van der Waals surface area contributed by atoms with Gasteiger partial charge in [-0.3, -0.25) is 9.98 Å². The van der Waals surface area contributed by atoms with Crippen molar-refractivity contribution in [3.05, 3.63) is 132 Å². The molecule has 0 fully saturated rings. The molecule has 0 aliphatic heterocycles. The van der Waals surface area contributed by atoms with Gasteiger partial charge in [-0.15, -0.1) is 0 Å². The lowest BCUT2D eigenvalue weighted by molar-refractivity contribution is 0.414. The second kappa shape index (κ2) is 8.98. The lowest BCUT2D eigenvalue weighted by Crippen LogP contribution is -2.08. The number of hydrogen-bond acceptors (Lipinski definition) is 3. The molecule has 1 heterocycles. The van der Waals surface area contributed by atoms with Crippen molar-refractivity contribution in [3.63, 3.8) is 0 Å². The first-order valence-corrected chi connectivity index (χ1v) is 9.57. The van der Waals surface area contributed by atoms with Gasteiger partial charge in [0.15, 0.2) is 0 Å². The summed E-state index contributed by atoms with van der Waals surface area (Å²) in [6.45, 7) is 0. The fraction of sp³-hybridized carbons (Fsp3) is 0.0769. The summed E-state index contributed by atoms with van der Waals surface area (Å²) in [6, 6.07) is 32.6. The molecular formula is C26H22N2O. The third-order valence-corrected chi connectivity index (χ3v) is 4.81. The van der Waals surface area contributed by atoms with Gasteiger partial charge in [0.2, 0.25) is 0 Å². The first-order chi connectivity index (χ1) is 14.3. The Morgan fingerprint density at radius 2 is 1.21 bits per heavy atom. The van der Waals surface area contributed by atoms with E-state index in [2.05, 4.69) is 41.4 Å². The van der Waals surface area contributed by atoms with Gasteiger partial charge in [-0.2, -0.15) is 0 Å². The number of hydrogen-bond donors (Lipinski definition) is 0. The van der Waals surface area contributed by atoms with Crippen molar-refractivity contribution in [2.24, 2.45) is 4.99 Å². The van der Waals surface area contributed by atoms with Crippen LogP contribution < -0.4 is 4.74 Å². The van der Waals surface area contributed by atoms with Gasteiger partial charge < -0.3 is 4.74 Å².